The molecule has 5 nitrogen and oxygen atoms in total. The van der Waals surface area contributed by atoms with Crippen LogP contribution in [0.1, 0.15) is 34.0 Å². The molecule has 130 valence electrons. The van der Waals surface area contributed by atoms with Gasteiger partial charge in [0.1, 0.15) is 12.1 Å². The molecule has 6 heteroatoms. The Morgan fingerprint density at radius 3 is 2.96 bits per heavy atom. The second kappa shape index (κ2) is 6.21. The van der Waals surface area contributed by atoms with Gasteiger partial charge in [0, 0.05) is 11.9 Å². The van der Waals surface area contributed by atoms with Gasteiger partial charge in [-0.1, -0.05) is 24.3 Å². The Labute approximate surface area is 155 Å². The van der Waals surface area contributed by atoms with E-state index in [0.29, 0.717) is 0 Å². The lowest BCUT2D eigenvalue weighted by atomic mass is 10.00. The summed E-state index contributed by atoms with van der Waals surface area (Å²) >= 11 is 1.76. The van der Waals surface area contributed by atoms with E-state index in [4.69, 9.17) is 0 Å². The molecule has 0 amide bonds. The average Bonchev–Trinajstić information content (AvgIpc) is 3.41. The van der Waals surface area contributed by atoms with E-state index in [-0.39, 0.29) is 6.04 Å². The van der Waals surface area contributed by atoms with Crippen LogP contribution in [-0.2, 0) is 19.9 Å². The van der Waals surface area contributed by atoms with Crippen LogP contribution in [-0.4, -0.2) is 19.7 Å². The summed E-state index contributed by atoms with van der Waals surface area (Å²) in [5.41, 5.74) is 5.10. The van der Waals surface area contributed by atoms with Crippen molar-refractivity contribution in [1.29, 1.82) is 0 Å². The number of anilines is 1. The molecule has 0 bridgehead atoms. The molecule has 3 heterocycles. The maximum absolute atomic E-state index is 4.50. The standard InChI is InChI=1S/C20H19N5S/c1-25-20-16(11-23-25)19(21-12-22-20)24-18(17-6-3-9-26-17)15-8-7-13-4-2-5-14(13)10-15/h3,6-12,18H,2,4-5H2,1H3,(H,21,22,24). The van der Waals surface area contributed by atoms with E-state index in [1.165, 1.54) is 40.8 Å². The van der Waals surface area contributed by atoms with Crippen molar-refractivity contribution in [2.45, 2.75) is 25.3 Å². The van der Waals surface area contributed by atoms with E-state index in [9.17, 15) is 0 Å². The minimum atomic E-state index is 0.0687. The van der Waals surface area contributed by atoms with Crippen molar-refractivity contribution in [3.05, 3.63) is 69.8 Å². The molecule has 3 aromatic heterocycles. The molecule has 1 N–H and O–H groups in total. The van der Waals surface area contributed by atoms with Crippen LogP contribution >= 0.6 is 11.3 Å². The predicted octanol–water partition coefficient (Wildman–Crippen LogP) is 4.12. The predicted molar refractivity (Wildman–Crippen MR) is 105 cm³/mol. The van der Waals surface area contributed by atoms with Crippen molar-refractivity contribution >= 4 is 28.2 Å². The Hall–Kier alpha value is -2.73. The molecule has 1 atom stereocenters. The summed E-state index contributed by atoms with van der Waals surface area (Å²) in [4.78, 5) is 10.1. The van der Waals surface area contributed by atoms with Gasteiger partial charge in [-0.25, -0.2) is 9.97 Å². The summed E-state index contributed by atoms with van der Waals surface area (Å²) in [6.07, 6.45) is 7.07. The minimum absolute atomic E-state index is 0.0687. The van der Waals surface area contributed by atoms with E-state index in [2.05, 4.69) is 56.1 Å². The van der Waals surface area contributed by atoms with Gasteiger partial charge in [0.15, 0.2) is 5.65 Å². The fraction of sp³-hybridized carbons (Fsp3) is 0.250. The van der Waals surface area contributed by atoms with Crippen LogP contribution in [0, 0.1) is 0 Å². The van der Waals surface area contributed by atoms with Crippen molar-refractivity contribution in [3.63, 3.8) is 0 Å². The number of hydrogen-bond acceptors (Lipinski definition) is 5. The molecule has 4 aromatic rings. The van der Waals surface area contributed by atoms with Crippen LogP contribution in [0.4, 0.5) is 5.82 Å². The summed E-state index contributed by atoms with van der Waals surface area (Å²) in [7, 11) is 1.90. The second-order valence-electron chi connectivity index (χ2n) is 6.70. The third kappa shape index (κ3) is 2.57. The topological polar surface area (TPSA) is 55.6 Å². The number of rotatable bonds is 4. The molecule has 1 aliphatic rings. The monoisotopic (exact) mass is 361 g/mol. The highest BCUT2D eigenvalue weighted by Gasteiger charge is 2.20. The minimum Gasteiger partial charge on any atom is -0.358 e. The Kier molecular flexibility index (Phi) is 3.71. The number of aromatic nitrogens is 4. The summed E-state index contributed by atoms with van der Waals surface area (Å²) in [6, 6.07) is 11.3. The first-order valence-electron chi connectivity index (χ1n) is 8.84. The van der Waals surface area contributed by atoms with Gasteiger partial charge in [-0.05, 0) is 47.4 Å². The molecule has 1 unspecified atom stereocenters. The number of nitrogens with zero attached hydrogens (tertiary/aromatic N) is 4. The van der Waals surface area contributed by atoms with Crippen LogP contribution in [0.25, 0.3) is 11.0 Å². The van der Waals surface area contributed by atoms with Crippen molar-refractivity contribution in [1.82, 2.24) is 19.7 Å². The number of fused-ring (bicyclic) bond motifs is 2. The lowest BCUT2D eigenvalue weighted by Gasteiger charge is -2.20. The first kappa shape index (κ1) is 15.5. The zero-order chi connectivity index (χ0) is 17.5. The normalized spacial score (nSPS) is 14.5. The fourth-order valence-electron chi connectivity index (χ4n) is 3.76. The molecule has 1 aliphatic carbocycles. The third-order valence-corrected chi connectivity index (χ3v) is 6.03. The van der Waals surface area contributed by atoms with Gasteiger partial charge in [0.2, 0.25) is 0 Å². The zero-order valence-electron chi connectivity index (χ0n) is 14.5. The van der Waals surface area contributed by atoms with E-state index >= 15 is 0 Å². The van der Waals surface area contributed by atoms with E-state index in [0.717, 1.165) is 16.9 Å². The molecule has 26 heavy (non-hydrogen) atoms. The van der Waals surface area contributed by atoms with Crippen molar-refractivity contribution in [2.24, 2.45) is 7.05 Å². The molecular formula is C20H19N5S. The molecular weight excluding hydrogens is 342 g/mol. The van der Waals surface area contributed by atoms with Gasteiger partial charge in [-0.2, -0.15) is 5.10 Å². The molecule has 0 saturated heterocycles. The van der Waals surface area contributed by atoms with E-state index < -0.39 is 0 Å². The first-order valence-corrected chi connectivity index (χ1v) is 9.72. The molecule has 0 saturated carbocycles. The molecule has 0 spiro atoms. The maximum Gasteiger partial charge on any atom is 0.163 e. The van der Waals surface area contributed by atoms with Crippen LogP contribution in [0.5, 0.6) is 0 Å². The van der Waals surface area contributed by atoms with Gasteiger partial charge in [-0.3, -0.25) is 4.68 Å². The van der Waals surface area contributed by atoms with Gasteiger partial charge < -0.3 is 5.32 Å². The highest BCUT2D eigenvalue weighted by Crippen LogP contribution is 2.33. The van der Waals surface area contributed by atoms with Gasteiger partial charge in [-0.15, -0.1) is 11.3 Å². The summed E-state index contributed by atoms with van der Waals surface area (Å²) in [5.74, 6) is 0.821. The molecule has 0 radical (unpaired) electrons. The summed E-state index contributed by atoms with van der Waals surface area (Å²) in [6.45, 7) is 0. The van der Waals surface area contributed by atoms with Crippen LogP contribution in [0.2, 0.25) is 0 Å². The Morgan fingerprint density at radius 2 is 2.08 bits per heavy atom. The average molecular weight is 361 g/mol. The fourth-order valence-corrected chi connectivity index (χ4v) is 4.56. The van der Waals surface area contributed by atoms with E-state index in [1.54, 1.807) is 22.3 Å². The van der Waals surface area contributed by atoms with Crippen molar-refractivity contribution < 1.29 is 0 Å². The van der Waals surface area contributed by atoms with Crippen LogP contribution in [0.3, 0.4) is 0 Å². The Balaban J connectivity index is 1.59. The Morgan fingerprint density at radius 1 is 1.15 bits per heavy atom. The quantitative estimate of drug-likeness (QED) is 0.594. The van der Waals surface area contributed by atoms with Crippen LogP contribution in [0.15, 0.2) is 48.2 Å². The number of aryl methyl sites for hydroxylation is 3. The van der Waals surface area contributed by atoms with Gasteiger partial charge >= 0.3 is 0 Å². The van der Waals surface area contributed by atoms with Crippen molar-refractivity contribution in [3.8, 4) is 0 Å². The number of nitrogens with one attached hydrogen (secondary N) is 1. The van der Waals surface area contributed by atoms with Crippen molar-refractivity contribution in [2.75, 3.05) is 5.32 Å². The highest BCUT2D eigenvalue weighted by atomic mass is 32.1. The number of thiophene rings is 1. The van der Waals surface area contributed by atoms with Gasteiger partial charge in [0.25, 0.3) is 0 Å². The number of hydrogen-bond donors (Lipinski definition) is 1. The number of benzene rings is 1. The van der Waals surface area contributed by atoms with Gasteiger partial charge in [0.05, 0.1) is 17.6 Å². The van der Waals surface area contributed by atoms with E-state index in [1.807, 2.05) is 13.2 Å². The molecule has 0 aliphatic heterocycles. The highest BCUT2D eigenvalue weighted by molar-refractivity contribution is 7.10. The maximum atomic E-state index is 4.50. The third-order valence-electron chi connectivity index (χ3n) is 5.09. The summed E-state index contributed by atoms with van der Waals surface area (Å²) in [5, 5.41) is 11.0. The molecule has 5 rings (SSSR count). The summed E-state index contributed by atoms with van der Waals surface area (Å²) < 4.78 is 1.78. The zero-order valence-corrected chi connectivity index (χ0v) is 15.3. The largest absolute Gasteiger partial charge is 0.358 e. The SMILES string of the molecule is Cn1ncc2c(NC(c3ccc4c(c3)CCC4)c3cccs3)ncnc21. The van der Waals surface area contributed by atoms with Crippen LogP contribution < -0.4 is 5.32 Å². The lowest BCUT2D eigenvalue weighted by Crippen LogP contribution is -2.13. The molecule has 1 aromatic carbocycles. The lowest BCUT2D eigenvalue weighted by molar-refractivity contribution is 0.785. The molecule has 0 fully saturated rings. The second-order valence-corrected chi connectivity index (χ2v) is 7.68. The smallest absolute Gasteiger partial charge is 0.163 e. The first-order chi connectivity index (χ1) is 12.8. The Bertz CT molecular complexity index is 1070.